The fourth-order valence-electron chi connectivity index (χ4n) is 3.81. The summed E-state index contributed by atoms with van der Waals surface area (Å²) in [5.74, 6) is -1.48. The van der Waals surface area contributed by atoms with Crippen molar-refractivity contribution in [3.8, 4) is 11.5 Å². The maximum Gasteiger partial charge on any atom is 0.404 e. The van der Waals surface area contributed by atoms with Gasteiger partial charge in [0.15, 0.2) is 17.4 Å². The van der Waals surface area contributed by atoms with E-state index >= 15 is 4.39 Å². The first-order valence-corrected chi connectivity index (χ1v) is 9.94. The van der Waals surface area contributed by atoms with Crippen LogP contribution in [0.25, 0.3) is 0 Å². The molecule has 0 aromatic heterocycles. The van der Waals surface area contributed by atoms with Crippen LogP contribution in [0.15, 0.2) is 42.5 Å². The molecule has 2 aromatic carbocycles. The molecule has 5 nitrogen and oxygen atoms in total. The van der Waals surface area contributed by atoms with E-state index in [0.29, 0.717) is 17.7 Å². The zero-order valence-electron chi connectivity index (χ0n) is 16.3. The molecule has 2 aromatic rings. The van der Waals surface area contributed by atoms with Gasteiger partial charge in [0.1, 0.15) is 5.75 Å². The Morgan fingerprint density at radius 1 is 1.10 bits per heavy atom. The molecule has 0 aliphatic heterocycles. The first-order chi connectivity index (χ1) is 14.0. The molecule has 1 amide bonds. The SMILES string of the molecule is CCC(NC1CCC(NC(=O)O)CC1)c1ccc(F)c(Oc2ccccc2)c1F. The van der Waals surface area contributed by atoms with Crippen molar-refractivity contribution in [3.05, 3.63) is 59.7 Å². The van der Waals surface area contributed by atoms with Gasteiger partial charge in [-0.05, 0) is 50.3 Å². The van der Waals surface area contributed by atoms with E-state index in [-0.39, 0.29) is 18.1 Å². The third-order valence-corrected chi connectivity index (χ3v) is 5.32. The molecule has 1 fully saturated rings. The van der Waals surface area contributed by atoms with Crippen molar-refractivity contribution in [1.82, 2.24) is 10.6 Å². The largest absolute Gasteiger partial charge is 0.465 e. The molecule has 0 saturated heterocycles. The van der Waals surface area contributed by atoms with Crippen LogP contribution in [0.1, 0.15) is 50.6 Å². The van der Waals surface area contributed by atoms with Crippen molar-refractivity contribution in [1.29, 1.82) is 0 Å². The van der Waals surface area contributed by atoms with Gasteiger partial charge in [-0.15, -0.1) is 0 Å². The average Bonchev–Trinajstić information content (AvgIpc) is 2.71. The highest BCUT2D eigenvalue weighted by molar-refractivity contribution is 5.64. The number of amides is 1. The summed E-state index contributed by atoms with van der Waals surface area (Å²) in [6.07, 6.45) is 2.66. The summed E-state index contributed by atoms with van der Waals surface area (Å²) in [4.78, 5) is 10.8. The molecule has 1 aliphatic rings. The molecule has 29 heavy (non-hydrogen) atoms. The summed E-state index contributed by atoms with van der Waals surface area (Å²) < 4.78 is 34.9. The van der Waals surface area contributed by atoms with E-state index in [1.54, 1.807) is 30.3 Å². The van der Waals surface area contributed by atoms with Crippen LogP contribution >= 0.6 is 0 Å². The lowest BCUT2D eigenvalue weighted by Crippen LogP contribution is -2.42. The van der Waals surface area contributed by atoms with E-state index in [9.17, 15) is 9.18 Å². The summed E-state index contributed by atoms with van der Waals surface area (Å²) in [5.41, 5.74) is 0.366. The lowest BCUT2D eigenvalue weighted by molar-refractivity contribution is 0.183. The Morgan fingerprint density at radius 3 is 2.38 bits per heavy atom. The Hall–Kier alpha value is -2.67. The van der Waals surface area contributed by atoms with Gasteiger partial charge in [-0.25, -0.2) is 13.6 Å². The number of para-hydroxylation sites is 1. The van der Waals surface area contributed by atoms with Crippen molar-refractivity contribution in [3.63, 3.8) is 0 Å². The van der Waals surface area contributed by atoms with Crippen molar-refractivity contribution in [2.75, 3.05) is 0 Å². The van der Waals surface area contributed by atoms with Gasteiger partial charge in [0.25, 0.3) is 0 Å². The molecule has 3 rings (SSSR count). The average molecular weight is 404 g/mol. The highest BCUT2D eigenvalue weighted by Crippen LogP contribution is 2.33. The molecule has 7 heteroatoms. The van der Waals surface area contributed by atoms with Crippen LogP contribution in [0.2, 0.25) is 0 Å². The number of nitrogens with one attached hydrogen (secondary N) is 2. The van der Waals surface area contributed by atoms with E-state index in [1.807, 2.05) is 6.92 Å². The molecule has 0 heterocycles. The minimum absolute atomic E-state index is 0.0425. The monoisotopic (exact) mass is 404 g/mol. The van der Waals surface area contributed by atoms with Gasteiger partial charge in [-0.3, -0.25) is 0 Å². The Bertz CT molecular complexity index is 824. The fourth-order valence-corrected chi connectivity index (χ4v) is 3.81. The van der Waals surface area contributed by atoms with Gasteiger partial charge >= 0.3 is 6.09 Å². The second-order valence-corrected chi connectivity index (χ2v) is 7.32. The highest BCUT2D eigenvalue weighted by atomic mass is 19.1. The number of benzene rings is 2. The molecule has 1 unspecified atom stereocenters. The zero-order valence-corrected chi connectivity index (χ0v) is 16.3. The fraction of sp³-hybridized carbons (Fsp3) is 0.409. The summed E-state index contributed by atoms with van der Waals surface area (Å²) >= 11 is 0. The minimum atomic E-state index is -1.01. The minimum Gasteiger partial charge on any atom is -0.465 e. The van der Waals surface area contributed by atoms with Crippen LogP contribution in [0.4, 0.5) is 13.6 Å². The summed E-state index contributed by atoms with van der Waals surface area (Å²) in [6, 6.07) is 11.1. The van der Waals surface area contributed by atoms with E-state index in [4.69, 9.17) is 9.84 Å². The molecule has 3 N–H and O–H groups in total. The van der Waals surface area contributed by atoms with E-state index in [1.165, 1.54) is 12.1 Å². The number of hydrogen-bond donors (Lipinski definition) is 3. The second kappa shape index (κ2) is 9.69. The van der Waals surface area contributed by atoms with Crippen LogP contribution in [-0.2, 0) is 0 Å². The maximum atomic E-state index is 15.1. The van der Waals surface area contributed by atoms with Crippen molar-refractivity contribution >= 4 is 6.09 Å². The Labute approximate surface area is 169 Å². The molecule has 156 valence electrons. The van der Waals surface area contributed by atoms with Crippen LogP contribution in [0.3, 0.4) is 0 Å². The third kappa shape index (κ3) is 5.44. The molecule has 1 atom stereocenters. The highest BCUT2D eigenvalue weighted by Gasteiger charge is 2.27. The Kier molecular flexibility index (Phi) is 7.04. The summed E-state index contributed by atoms with van der Waals surface area (Å²) in [7, 11) is 0. The van der Waals surface area contributed by atoms with Crippen LogP contribution in [0, 0.1) is 11.6 Å². The summed E-state index contributed by atoms with van der Waals surface area (Å²) in [6.45, 7) is 1.94. The zero-order chi connectivity index (χ0) is 20.8. The molecule has 0 radical (unpaired) electrons. The van der Waals surface area contributed by atoms with Crippen molar-refractivity contribution in [2.45, 2.75) is 57.2 Å². The molecule has 1 aliphatic carbocycles. The number of ether oxygens (including phenoxy) is 1. The third-order valence-electron chi connectivity index (χ3n) is 5.32. The topological polar surface area (TPSA) is 70.6 Å². The maximum absolute atomic E-state index is 15.1. The van der Waals surface area contributed by atoms with Crippen LogP contribution < -0.4 is 15.4 Å². The summed E-state index contributed by atoms with van der Waals surface area (Å²) in [5, 5.41) is 14.8. The lowest BCUT2D eigenvalue weighted by atomic mass is 9.90. The Balaban J connectivity index is 1.71. The second-order valence-electron chi connectivity index (χ2n) is 7.32. The standard InChI is InChI=1S/C22H26F2N2O3/c1-2-19(25-14-8-10-15(11-9-14)26-22(27)28)17-12-13-18(23)21(20(17)24)29-16-6-4-3-5-7-16/h3-7,12-15,19,25-26H,2,8-11H2,1H3,(H,27,28). The number of hydrogen-bond acceptors (Lipinski definition) is 3. The van der Waals surface area contributed by atoms with Crippen LogP contribution in [0.5, 0.6) is 11.5 Å². The predicted molar refractivity (Wildman–Crippen MR) is 106 cm³/mol. The van der Waals surface area contributed by atoms with Crippen molar-refractivity contribution in [2.24, 2.45) is 0 Å². The number of carbonyl (C=O) groups is 1. The van der Waals surface area contributed by atoms with E-state index in [2.05, 4.69) is 10.6 Å². The first kappa shape index (κ1) is 21.0. The Morgan fingerprint density at radius 2 is 1.76 bits per heavy atom. The number of rotatable bonds is 7. The molecular formula is C22H26F2N2O3. The van der Waals surface area contributed by atoms with E-state index < -0.39 is 23.5 Å². The number of carboxylic acid groups (broad SMARTS) is 1. The molecule has 0 spiro atoms. The van der Waals surface area contributed by atoms with Crippen molar-refractivity contribution < 1.29 is 23.4 Å². The number of halogens is 2. The van der Waals surface area contributed by atoms with Gasteiger partial charge in [0.2, 0.25) is 0 Å². The predicted octanol–water partition coefficient (Wildman–Crippen LogP) is 5.38. The first-order valence-electron chi connectivity index (χ1n) is 9.94. The molecule has 1 saturated carbocycles. The molecule has 0 bridgehead atoms. The van der Waals surface area contributed by atoms with Gasteiger partial charge in [0.05, 0.1) is 0 Å². The smallest absolute Gasteiger partial charge is 0.404 e. The van der Waals surface area contributed by atoms with Gasteiger partial charge < -0.3 is 20.5 Å². The van der Waals surface area contributed by atoms with Gasteiger partial charge in [-0.2, -0.15) is 0 Å². The van der Waals surface area contributed by atoms with Crippen LogP contribution in [-0.4, -0.2) is 23.3 Å². The van der Waals surface area contributed by atoms with Gasteiger partial charge in [0, 0.05) is 23.7 Å². The lowest BCUT2D eigenvalue weighted by Gasteiger charge is -2.32. The normalized spacial score (nSPS) is 20.1. The van der Waals surface area contributed by atoms with E-state index in [0.717, 1.165) is 25.7 Å². The van der Waals surface area contributed by atoms with Gasteiger partial charge in [-0.1, -0.05) is 31.2 Å². The quantitative estimate of drug-likeness (QED) is 0.580. The molecular weight excluding hydrogens is 378 g/mol.